The number of amides is 4. The lowest BCUT2D eigenvalue weighted by molar-refractivity contribution is -0.138. The quantitative estimate of drug-likeness (QED) is 0.107. The van der Waals surface area contributed by atoms with E-state index < -0.39 is 24.3 Å². The highest BCUT2D eigenvalue weighted by molar-refractivity contribution is 6.22. The van der Waals surface area contributed by atoms with Gasteiger partial charge in [-0.2, -0.15) is 0 Å². The lowest BCUT2D eigenvalue weighted by atomic mass is 9.87. The summed E-state index contributed by atoms with van der Waals surface area (Å²) in [5, 5.41) is 5.47. The van der Waals surface area contributed by atoms with Crippen LogP contribution in [0.3, 0.4) is 0 Å². The van der Waals surface area contributed by atoms with Crippen molar-refractivity contribution in [3.63, 3.8) is 0 Å². The summed E-state index contributed by atoms with van der Waals surface area (Å²) in [5.41, 5.74) is 7.98. The van der Waals surface area contributed by atoms with Gasteiger partial charge in [-0.15, -0.1) is 0 Å². The number of imidazole rings is 2. The van der Waals surface area contributed by atoms with E-state index in [0.717, 1.165) is 88.9 Å². The van der Waals surface area contributed by atoms with E-state index >= 15 is 0 Å². The smallest absolute Gasteiger partial charge is 0.407 e. The number of nitrogens with one attached hydrogen (secondary N) is 4. The highest BCUT2D eigenvalue weighted by Gasteiger charge is 2.49. The van der Waals surface area contributed by atoms with Gasteiger partial charge in [-0.05, 0) is 96.4 Å². The average Bonchev–Trinajstić information content (AvgIpc) is 4.13. The molecule has 4 aliphatic rings. The summed E-state index contributed by atoms with van der Waals surface area (Å²) in [4.78, 5) is 86.8. The Balaban J connectivity index is 0.942. The number of benzene rings is 3. The third kappa shape index (κ3) is 7.50. The zero-order chi connectivity index (χ0) is 44.3. The first-order valence-corrected chi connectivity index (χ1v) is 22.0. The molecule has 6 atom stereocenters. The second kappa shape index (κ2) is 16.6. The summed E-state index contributed by atoms with van der Waals surface area (Å²) in [6.45, 7) is 8.17. The van der Waals surface area contributed by atoms with Crippen molar-refractivity contribution in [1.29, 1.82) is 0 Å². The van der Waals surface area contributed by atoms with E-state index in [0.29, 0.717) is 23.5 Å². The number of carbonyl (C=O) groups excluding carboxylic acids is 5. The Labute approximate surface area is 365 Å². The van der Waals surface area contributed by atoms with E-state index in [1.54, 1.807) is 11.1 Å². The Morgan fingerprint density at radius 1 is 0.730 bits per heavy atom. The van der Waals surface area contributed by atoms with Crippen molar-refractivity contribution in [2.45, 2.75) is 96.4 Å². The molecule has 1 unspecified atom stereocenters. The summed E-state index contributed by atoms with van der Waals surface area (Å²) < 4.78 is 9.63. The molecule has 0 radical (unpaired) electrons. The van der Waals surface area contributed by atoms with Crippen molar-refractivity contribution >= 4 is 40.8 Å². The molecule has 2 aliphatic heterocycles. The monoisotopic (exact) mass is 854 g/mol. The van der Waals surface area contributed by atoms with Crippen molar-refractivity contribution in [3.05, 3.63) is 83.6 Å². The van der Waals surface area contributed by atoms with Crippen LogP contribution in [0.15, 0.2) is 60.8 Å². The van der Waals surface area contributed by atoms with Crippen LogP contribution >= 0.6 is 0 Å². The minimum absolute atomic E-state index is 0.0581. The number of methoxy groups -OCH3 is 2. The molecule has 328 valence electrons. The number of ether oxygens (including phenoxy) is 2. The van der Waals surface area contributed by atoms with Crippen molar-refractivity contribution in [2.75, 3.05) is 20.8 Å². The number of fused-ring (bicyclic) bond motifs is 6. The molecule has 2 bridgehead atoms. The molecule has 4 heterocycles. The SMILES string of the molecule is COC(=O)NC(C(=O)N1CCC[C@H]1c1ncc(-c2ccc3c(c2)C(=O)c2cc(-c4ccc5nc([C@@H]6[C@H]7CCC[C@H](C7)N6C(=O)[C@@H](NC(=O)OC)C(C)C)[nH]c5c4)ccc2-3)[nH]1)C(C)C. The number of hydrogen-bond donors (Lipinski definition) is 4. The third-order valence-electron chi connectivity index (χ3n) is 13.6. The summed E-state index contributed by atoms with van der Waals surface area (Å²) in [5.74, 6) is 1.03. The fraction of sp³-hybridized carbons (Fsp3) is 0.438. The van der Waals surface area contributed by atoms with E-state index in [1.165, 1.54) is 14.2 Å². The number of H-pyrrole nitrogens is 2. The molecule has 2 saturated heterocycles. The van der Waals surface area contributed by atoms with Gasteiger partial charge in [0.1, 0.15) is 23.7 Å². The summed E-state index contributed by atoms with van der Waals surface area (Å²) >= 11 is 0. The molecular formula is C48H54N8O7. The molecule has 2 aromatic heterocycles. The van der Waals surface area contributed by atoms with Gasteiger partial charge in [0.05, 0.1) is 49.2 Å². The summed E-state index contributed by atoms with van der Waals surface area (Å²) in [6.07, 6.45) is 5.85. The molecule has 3 fully saturated rings. The van der Waals surface area contributed by atoms with Gasteiger partial charge in [0.15, 0.2) is 5.78 Å². The predicted octanol–water partition coefficient (Wildman–Crippen LogP) is 7.70. The molecule has 15 heteroatoms. The van der Waals surface area contributed by atoms with E-state index in [2.05, 4.69) is 26.7 Å². The molecule has 5 aromatic rings. The van der Waals surface area contributed by atoms with Crippen LogP contribution in [0.4, 0.5) is 9.59 Å². The Bertz CT molecular complexity index is 2630. The third-order valence-corrected chi connectivity index (χ3v) is 13.6. The van der Waals surface area contributed by atoms with Crippen LogP contribution < -0.4 is 10.6 Å². The second-order valence-corrected chi connectivity index (χ2v) is 18.1. The first-order chi connectivity index (χ1) is 30.3. The van der Waals surface area contributed by atoms with Crippen molar-refractivity contribution in [2.24, 2.45) is 17.8 Å². The number of nitrogens with zero attached hydrogens (tertiary/aromatic N) is 4. The molecule has 4 N–H and O–H groups in total. The Hall–Kier alpha value is -6.51. The van der Waals surface area contributed by atoms with Crippen LogP contribution in [-0.2, 0) is 19.1 Å². The Morgan fingerprint density at radius 2 is 1.37 bits per heavy atom. The maximum Gasteiger partial charge on any atom is 0.407 e. The number of rotatable bonds is 10. The predicted molar refractivity (Wildman–Crippen MR) is 235 cm³/mol. The topological polar surface area (TPSA) is 192 Å². The van der Waals surface area contributed by atoms with Crippen LogP contribution in [0.1, 0.15) is 106 Å². The zero-order valence-corrected chi connectivity index (χ0v) is 36.5. The molecule has 4 amide bonds. The van der Waals surface area contributed by atoms with E-state index in [1.807, 2.05) is 81.1 Å². The number of aromatic nitrogens is 4. The second-order valence-electron chi connectivity index (χ2n) is 18.1. The summed E-state index contributed by atoms with van der Waals surface area (Å²) in [7, 11) is 2.58. The fourth-order valence-corrected chi connectivity index (χ4v) is 10.3. The Morgan fingerprint density at radius 3 is 2.05 bits per heavy atom. The Kier molecular flexibility index (Phi) is 11.1. The highest BCUT2D eigenvalue weighted by Crippen LogP contribution is 2.49. The van der Waals surface area contributed by atoms with Gasteiger partial charge in [0.25, 0.3) is 0 Å². The van der Waals surface area contributed by atoms with Crippen LogP contribution in [0.5, 0.6) is 0 Å². The van der Waals surface area contributed by atoms with Gasteiger partial charge in [-0.3, -0.25) is 14.4 Å². The van der Waals surface area contributed by atoms with Gasteiger partial charge in [-0.1, -0.05) is 64.4 Å². The number of likely N-dealkylation sites (tertiary alicyclic amines) is 2. The van der Waals surface area contributed by atoms with Crippen LogP contribution in [0.25, 0.3) is 44.5 Å². The van der Waals surface area contributed by atoms with Crippen LogP contribution in [0, 0.1) is 17.8 Å². The average molecular weight is 855 g/mol. The highest BCUT2D eigenvalue weighted by atomic mass is 16.5. The fourth-order valence-electron chi connectivity index (χ4n) is 10.3. The molecule has 0 spiro atoms. The number of hydrogen-bond acceptors (Lipinski definition) is 9. The van der Waals surface area contributed by atoms with Crippen LogP contribution in [0.2, 0.25) is 0 Å². The summed E-state index contributed by atoms with van der Waals surface area (Å²) in [6, 6.07) is 16.0. The number of alkyl carbamates (subject to hydrolysis) is 2. The lowest BCUT2D eigenvalue weighted by Gasteiger charge is -2.33. The number of ketones is 1. The van der Waals surface area contributed by atoms with Gasteiger partial charge < -0.3 is 39.9 Å². The molecule has 63 heavy (non-hydrogen) atoms. The number of aromatic amines is 2. The maximum atomic E-state index is 14.2. The molecule has 9 rings (SSSR count). The van der Waals surface area contributed by atoms with Gasteiger partial charge >= 0.3 is 12.2 Å². The standard InChI is InChI=1S/C48H54N8O7/c1-24(2)39(53-47(60)62-5)45(58)55-18-8-11-38(55)43-49-23-37(52-43)28-13-16-32-31-15-12-26(20-33(31)42(57)34(32)21-28)27-14-17-35-36(22-27)51-44(50-35)41-29-9-7-10-30(19-29)56(41)46(59)40(25(3)4)54-48(61)63-6/h12-17,20-25,29-30,38-41H,7-11,18-19H2,1-6H3,(H,49,52)(H,50,51)(H,53,60)(H,54,61)/t29-,30+,38-,39?,40-,41-/m0/s1. The minimum atomic E-state index is -0.729. The molecular weight excluding hydrogens is 801 g/mol. The van der Waals surface area contributed by atoms with Gasteiger partial charge in [0, 0.05) is 29.3 Å². The minimum Gasteiger partial charge on any atom is -0.453 e. The normalized spacial score (nSPS) is 21.1. The molecule has 3 aromatic carbocycles. The number of carbonyl (C=O) groups is 5. The van der Waals surface area contributed by atoms with Crippen LogP contribution in [-0.4, -0.2) is 98.4 Å². The largest absolute Gasteiger partial charge is 0.453 e. The van der Waals surface area contributed by atoms with Gasteiger partial charge in [0.2, 0.25) is 11.8 Å². The van der Waals surface area contributed by atoms with E-state index in [-0.39, 0.29) is 53.5 Å². The van der Waals surface area contributed by atoms with Crippen molar-refractivity contribution in [1.82, 2.24) is 40.4 Å². The molecule has 1 saturated carbocycles. The van der Waals surface area contributed by atoms with Gasteiger partial charge in [-0.25, -0.2) is 19.6 Å². The molecule has 2 aliphatic carbocycles. The van der Waals surface area contributed by atoms with Crippen molar-refractivity contribution in [3.8, 4) is 33.5 Å². The lowest BCUT2D eigenvalue weighted by Crippen LogP contribution is -2.53. The zero-order valence-electron chi connectivity index (χ0n) is 36.5. The van der Waals surface area contributed by atoms with E-state index in [4.69, 9.17) is 19.4 Å². The van der Waals surface area contributed by atoms with E-state index in [9.17, 15) is 24.0 Å². The first kappa shape index (κ1) is 41.8. The molecule has 15 nitrogen and oxygen atoms in total. The first-order valence-electron chi connectivity index (χ1n) is 22.0. The van der Waals surface area contributed by atoms with Crippen molar-refractivity contribution < 1.29 is 33.4 Å². The maximum absolute atomic E-state index is 14.2.